The molecule has 126 valence electrons. The summed E-state index contributed by atoms with van der Waals surface area (Å²) in [7, 11) is 0. The van der Waals surface area contributed by atoms with Crippen molar-refractivity contribution in [3.63, 3.8) is 0 Å². The van der Waals surface area contributed by atoms with Gasteiger partial charge in [0.15, 0.2) is 5.76 Å². The van der Waals surface area contributed by atoms with Crippen LogP contribution < -0.4 is 0 Å². The zero-order chi connectivity index (χ0) is 17.0. The molecular formula is C20H28O3. The van der Waals surface area contributed by atoms with Crippen molar-refractivity contribution in [2.75, 3.05) is 6.61 Å². The maximum absolute atomic E-state index is 12.6. The Hall–Kier alpha value is -1.35. The molecule has 1 saturated carbocycles. The van der Waals surface area contributed by atoms with Crippen molar-refractivity contribution in [2.45, 2.75) is 53.4 Å². The van der Waals surface area contributed by atoms with E-state index >= 15 is 0 Å². The van der Waals surface area contributed by atoms with E-state index in [0.717, 1.165) is 36.8 Å². The number of carbonyl (C=O) groups is 1. The molecule has 3 nitrogen and oxygen atoms in total. The second kappa shape index (κ2) is 5.34. The Labute approximate surface area is 138 Å². The van der Waals surface area contributed by atoms with Crippen molar-refractivity contribution >= 4 is 5.78 Å². The van der Waals surface area contributed by atoms with Gasteiger partial charge in [0, 0.05) is 23.2 Å². The number of carbonyl (C=O) groups excluding carboxylic acids is 1. The summed E-state index contributed by atoms with van der Waals surface area (Å²) in [6.45, 7) is 8.44. The molecule has 2 N–H and O–H groups in total. The standard InChI is InChI=1S/C20H28O3/c1-12(2)14-10-13-6-7-15-19(3,11-21)8-5-9-20(15,4)16(13)18(23)17(14)22/h6,10,12,15,21,23H,5,7-9,11H2,1-4H3/t15?,19-,20-/m0/s1. The third-order valence-corrected chi connectivity index (χ3v) is 6.50. The van der Waals surface area contributed by atoms with E-state index in [9.17, 15) is 15.0 Å². The van der Waals surface area contributed by atoms with Gasteiger partial charge in [0.2, 0.25) is 5.78 Å². The minimum Gasteiger partial charge on any atom is -0.504 e. The highest BCUT2D eigenvalue weighted by atomic mass is 16.3. The number of rotatable bonds is 2. The zero-order valence-corrected chi connectivity index (χ0v) is 14.6. The fraction of sp³-hybridized carbons (Fsp3) is 0.650. The van der Waals surface area contributed by atoms with Crippen LogP contribution in [-0.4, -0.2) is 22.6 Å². The summed E-state index contributed by atoms with van der Waals surface area (Å²) in [5, 5.41) is 20.7. The van der Waals surface area contributed by atoms with Crippen molar-refractivity contribution in [1.29, 1.82) is 0 Å². The third-order valence-electron chi connectivity index (χ3n) is 6.50. The number of Topliss-reactive ketones (excluding diaryl/α,β-unsaturated/α-hetero) is 1. The molecule has 0 radical (unpaired) electrons. The molecule has 3 heteroatoms. The van der Waals surface area contributed by atoms with Gasteiger partial charge in [0.1, 0.15) is 0 Å². The lowest BCUT2D eigenvalue weighted by Gasteiger charge is -2.55. The topological polar surface area (TPSA) is 57.5 Å². The molecule has 3 aliphatic rings. The quantitative estimate of drug-likeness (QED) is 0.806. The lowest BCUT2D eigenvalue weighted by molar-refractivity contribution is -0.115. The van der Waals surface area contributed by atoms with Crippen LogP contribution in [0.4, 0.5) is 0 Å². The molecule has 0 spiro atoms. The highest BCUT2D eigenvalue weighted by molar-refractivity contribution is 6.10. The van der Waals surface area contributed by atoms with Crippen LogP contribution in [0.2, 0.25) is 0 Å². The van der Waals surface area contributed by atoms with Crippen LogP contribution in [0.5, 0.6) is 0 Å². The number of fused-ring (bicyclic) bond motifs is 3. The van der Waals surface area contributed by atoms with Crippen LogP contribution in [0, 0.1) is 22.7 Å². The van der Waals surface area contributed by atoms with E-state index in [1.165, 1.54) is 0 Å². The fourth-order valence-electron chi connectivity index (χ4n) is 5.14. The summed E-state index contributed by atoms with van der Waals surface area (Å²) in [6, 6.07) is 0. The van der Waals surface area contributed by atoms with E-state index in [-0.39, 0.29) is 40.8 Å². The van der Waals surface area contributed by atoms with E-state index in [4.69, 9.17) is 0 Å². The number of aliphatic hydroxyl groups excluding tert-OH is 2. The number of hydrogen-bond acceptors (Lipinski definition) is 3. The summed E-state index contributed by atoms with van der Waals surface area (Å²) in [6.07, 6.45) is 8.02. The van der Waals surface area contributed by atoms with Gasteiger partial charge in [0.25, 0.3) is 0 Å². The van der Waals surface area contributed by atoms with E-state index in [0.29, 0.717) is 5.57 Å². The molecule has 1 unspecified atom stereocenters. The summed E-state index contributed by atoms with van der Waals surface area (Å²) < 4.78 is 0. The Kier molecular flexibility index (Phi) is 3.83. The van der Waals surface area contributed by atoms with Crippen LogP contribution >= 0.6 is 0 Å². The lowest BCUT2D eigenvalue weighted by Crippen LogP contribution is -2.49. The molecule has 3 aliphatic carbocycles. The maximum atomic E-state index is 12.6. The number of hydrogen-bond donors (Lipinski definition) is 2. The Morgan fingerprint density at radius 3 is 2.61 bits per heavy atom. The first-order chi connectivity index (χ1) is 10.7. The highest BCUT2D eigenvalue weighted by Gasteiger charge is 2.53. The number of aliphatic hydroxyl groups is 2. The molecule has 0 aromatic carbocycles. The van der Waals surface area contributed by atoms with Crippen LogP contribution in [-0.2, 0) is 4.79 Å². The Morgan fingerprint density at radius 1 is 1.30 bits per heavy atom. The van der Waals surface area contributed by atoms with Crippen molar-refractivity contribution < 1.29 is 15.0 Å². The predicted molar refractivity (Wildman–Crippen MR) is 90.9 cm³/mol. The molecule has 0 aromatic heterocycles. The highest BCUT2D eigenvalue weighted by Crippen LogP contribution is 2.61. The van der Waals surface area contributed by atoms with Crippen molar-refractivity contribution in [1.82, 2.24) is 0 Å². The minimum absolute atomic E-state index is 0.0585. The largest absolute Gasteiger partial charge is 0.504 e. The summed E-state index contributed by atoms with van der Waals surface area (Å²) in [5.74, 6) is 0.0882. The first-order valence-electron chi connectivity index (χ1n) is 8.76. The minimum atomic E-state index is -0.238. The fourth-order valence-corrected chi connectivity index (χ4v) is 5.14. The molecule has 0 aromatic rings. The van der Waals surface area contributed by atoms with Crippen molar-refractivity contribution in [3.05, 3.63) is 34.6 Å². The van der Waals surface area contributed by atoms with Gasteiger partial charge in [-0.2, -0.15) is 0 Å². The van der Waals surface area contributed by atoms with E-state index in [1.54, 1.807) is 0 Å². The first kappa shape index (κ1) is 16.5. The van der Waals surface area contributed by atoms with Gasteiger partial charge in [-0.05, 0) is 48.2 Å². The van der Waals surface area contributed by atoms with E-state index in [1.807, 2.05) is 19.9 Å². The Balaban J connectivity index is 2.15. The van der Waals surface area contributed by atoms with Crippen molar-refractivity contribution in [3.8, 4) is 0 Å². The molecule has 3 rings (SSSR count). The normalized spacial score (nSPS) is 37.3. The molecule has 3 atom stereocenters. The predicted octanol–water partition coefficient (Wildman–Crippen LogP) is 4.10. The third kappa shape index (κ3) is 2.24. The van der Waals surface area contributed by atoms with Gasteiger partial charge in [-0.3, -0.25) is 4.79 Å². The molecular weight excluding hydrogens is 288 g/mol. The summed E-state index contributed by atoms with van der Waals surface area (Å²) in [4.78, 5) is 12.6. The van der Waals surface area contributed by atoms with E-state index in [2.05, 4.69) is 19.9 Å². The summed E-state index contributed by atoms with van der Waals surface area (Å²) >= 11 is 0. The average molecular weight is 316 g/mol. The SMILES string of the molecule is CC(C)C1=CC2=CCC3[C@](C)(CO)CCC[C@]3(C)C2=C(O)C1=O. The molecule has 0 bridgehead atoms. The molecule has 23 heavy (non-hydrogen) atoms. The Morgan fingerprint density at radius 2 is 2.00 bits per heavy atom. The zero-order valence-electron chi connectivity index (χ0n) is 14.6. The second-order valence-electron chi connectivity index (χ2n) is 8.34. The lowest BCUT2D eigenvalue weighted by atomic mass is 9.49. The van der Waals surface area contributed by atoms with Crippen LogP contribution in [0.15, 0.2) is 34.6 Å². The van der Waals surface area contributed by atoms with E-state index < -0.39 is 0 Å². The molecule has 0 saturated heterocycles. The van der Waals surface area contributed by atoms with Gasteiger partial charge >= 0.3 is 0 Å². The van der Waals surface area contributed by atoms with Gasteiger partial charge in [-0.15, -0.1) is 0 Å². The van der Waals surface area contributed by atoms with Gasteiger partial charge in [-0.1, -0.05) is 40.2 Å². The Bertz CT molecular complexity index is 637. The smallest absolute Gasteiger partial charge is 0.223 e. The van der Waals surface area contributed by atoms with Crippen LogP contribution in [0.3, 0.4) is 0 Å². The maximum Gasteiger partial charge on any atom is 0.223 e. The van der Waals surface area contributed by atoms with Gasteiger partial charge < -0.3 is 10.2 Å². The number of allylic oxidation sites excluding steroid dienone is 5. The first-order valence-corrected chi connectivity index (χ1v) is 8.76. The van der Waals surface area contributed by atoms with Crippen LogP contribution in [0.25, 0.3) is 0 Å². The second-order valence-corrected chi connectivity index (χ2v) is 8.34. The molecule has 0 amide bonds. The average Bonchev–Trinajstić information content (AvgIpc) is 2.49. The van der Waals surface area contributed by atoms with Crippen LogP contribution in [0.1, 0.15) is 53.4 Å². The van der Waals surface area contributed by atoms with Gasteiger partial charge in [-0.25, -0.2) is 0 Å². The monoisotopic (exact) mass is 316 g/mol. The van der Waals surface area contributed by atoms with Gasteiger partial charge in [0.05, 0.1) is 0 Å². The number of ketones is 1. The molecule has 0 aliphatic heterocycles. The molecule has 0 heterocycles. The molecule has 1 fully saturated rings. The summed E-state index contributed by atoms with van der Waals surface area (Å²) in [5.41, 5.74) is 2.15. The van der Waals surface area contributed by atoms with Crippen molar-refractivity contribution in [2.24, 2.45) is 22.7 Å².